The van der Waals surface area contributed by atoms with Gasteiger partial charge in [-0.25, -0.2) is 9.97 Å². The number of nitrogens with zero attached hydrogens (tertiary/aromatic N) is 6. The van der Waals surface area contributed by atoms with E-state index in [-0.39, 0.29) is 23.7 Å². The number of carbonyl (C=O) groups is 1. The van der Waals surface area contributed by atoms with Crippen LogP contribution in [-0.4, -0.2) is 35.8 Å². The van der Waals surface area contributed by atoms with E-state index in [2.05, 4.69) is 30.5 Å². The van der Waals surface area contributed by atoms with Crippen molar-refractivity contribution in [3.05, 3.63) is 69.7 Å². The van der Waals surface area contributed by atoms with Crippen molar-refractivity contribution in [3.8, 4) is 10.6 Å². The number of aryl methyl sites for hydroxylation is 3. The molecular formula is C25H22F3N7O2S. The standard InChI is InChI=1S/C25H22F3N7O2S/c1-5-19-31-20(37-34-19)11-35-13(3)21(23(33-35)25(26,27)28)32-24(36)16-10-18(22-12(2)29-14(4)38-22)30-17-9-7-6-8-15(16)17/h6-10H,5,11H2,1-4H3,(H,32,36). The number of carbonyl (C=O) groups excluding carboxylic acids is 1. The van der Waals surface area contributed by atoms with Crippen molar-refractivity contribution in [1.82, 2.24) is 29.9 Å². The highest BCUT2D eigenvalue weighted by Crippen LogP contribution is 2.37. The number of nitrogens with one attached hydrogen (secondary N) is 1. The first-order valence-corrected chi connectivity index (χ1v) is 12.5. The van der Waals surface area contributed by atoms with E-state index in [1.165, 1.54) is 18.3 Å². The Morgan fingerprint density at radius 1 is 1.13 bits per heavy atom. The lowest BCUT2D eigenvalue weighted by atomic mass is 10.1. The molecule has 0 atom stereocenters. The molecule has 9 nitrogen and oxygen atoms in total. The molecule has 13 heteroatoms. The normalized spacial score (nSPS) is 11.9. The van der Waals surface area contributed by atoms with E-state index in [9.17, 15) is 18.0 Å². The van der Waals surface area contributed by atoms with Crippen LogP contribution < -0.4 is 5.32 Å². The number of benzene rings is 1. The van der Waals surface area contributed by atoms with Crippen molar-refractivity contribution in [3.63, 3.8) is 0 Å². The van der Waals surface area contributed by atoms with Crippen LogP contribution >= 0.6 is 11.3 Å². The third-order valence-electron chi connectivity index (χ3n) is 5.92. The summed E-state index contributed by atoms with van der Waals surface area (Å²) in [5.41, 5.74) is 0.424. The smallest absolute Gasteiger partial charge is 0.337 e. The number of para-hydroxylation sites is 1. The topological polar surface area (TPSA) is 112 Å². The molecule has 4 heterocycles. The number of amides is 1. The minimum Gasteiger partial charge on any atom is -0.337 e. The lowest BCUT2D eigenvalue weighted by Crippen LogP contribution is -2.17. The second kappa shape index (κ2) is 9.63. The van der Waals surface area contributed by atoms with Crippen LogP contribution in [0.25, 0.3) is 21.5 Å². The molecule has 5 aromatic rings. The number of hydrogen-bond donors (Lipinski definition) is 1. The highest BCUT2D eigenvalue weighted by atomic mass is 32.1. The van der Waals surface area contributed by atoms with Crippen molar-refractivity contribution < 1.29 is 22.5 Å². The quantitative estimate of drug-likeness (QED) is 0.292. The summed E-state index contributed by atoms with van der Waals surface area (Å²) < 4.78 is 48.2. The first kappa shape index (κ1) is 25.5. The van der Waals surface area contributed by atoms with Gasteiger partial charge in [0.2, 0.25) is 5.89 Å². The Morgan fingerprint density at radius 3 is 2.55 bits per heavy atom. The number of hydrogen-bond acceptors (Lipinski definition) is 8. The largest absolute Gasteiger partial charge is 0.437 e. The van der Waals surface area contributed by atoms with Gasteiger partial charge in [-0.15, -0.1) is 11.3 Å². The summed E-state index contributed by atoms with van der Waals surface area (Å²) in [5.74, 6) is -0.178. The van der Waals surface area contributed by atoms with E-state index in [1.807, 2.05) is 20.8 Å². The van der Waals surface area contributed by atoms with Crippen LogP contribution in [0.5, 0.6) is 0 Å². The van der Waals surface area contributed by atoms with Crippen molar-refractivity contribution >= 4 is 33.8 Å². The fourth-order valence-electron chi connectivity index (χ4n) is 4.10. The number of anilines is 1. The predicted octanol–water partition coefficient (Wildman–Crippen LogP) is 5.74. The monoisotopic (exact) mass is 541 g/mol. The highest BCUT2D eigenvalue weighted by molar-refractivity contribution is 7.15. The molecule has 4 aromatic heterocycles. The number of alkyl halides is 3. The summed E-state index contributed by atoms with van der Waals surface area (Å²) in [6.07, 6.45) is -4.30. The maximum absolute atomic E-state index is 14.0. The molecule has 1 N–H and O–H groups in total. The van der Waals surface area contributed by atoms with E-state index in [1.54, 1.807) is 30.3 Å². The Balaban J connectivity index is 1.57. The van der Waals surface area contributed by atoms with Crippen LogP contribution in [-0.2, 0) is 19.1 Å². The Hall–Kier alpha value is -4.13. The number of halogens is 3. The molecule has 0 aliphatic carbocycles. The number of pyridine rings is 1. The number of thiazole rings is 1. The Bertz CT molecular complexity index is 1670. The molecule has 1 aromatic carbocycles. The van der Waals surface area contributed by atoms with Gasteiger partial charge in [-0.1, -0.05) is 30.3 Å². The summed E-state index contributed by atoms with van der Waals surface area (Å²) >= 11 is 1.43. The molecule has 1 amide bonds. The third-order valence-corrected chi connectivity index (χ3v) is 7.02. The van der Waals surface area contributed by atoms with E-state index in [0.717, 1.165) is 20.3 Å². The number of fused-ring (bicyclic) bond motifs is 1. The van der Waals surface area contributed by atoms with E-state index in [4.69, 9.17) is 4.52 Å². The molecular weight excluding hydrogens is 519 g/mol. The van der Waals surface area contributed by atoms with Gasteiger partial charge in [0.15, 0.2) is 11.5 Å². The predicted molar refractivity (Wildman–Crippen MR) is 135 cm³/mol. The van der Waals surface area contributed by atoms with E-state index < -0.39 is 23.5 Å². The second-order valence-corrected chi connectivity index (χ2v) is 9.80. The fraction of sp³-hybridized carbons (Fsp3) is 0.280. The zero-order valence-electron chi connectivity index (χ0n) is 20.8. The lowest BCUT2D eigenvalue weighted by Gasteiger charge is -2.12. The molecule has 196 valence electrons. The third kappa shape index (κ3) is 4.76. The van der Waals surface area contributed by atoms with Gasteiger partial charge in [0.05, 0.1) is 43.7 Å². The second-order valence-electron chi connectivity index (χ2n) is 8.60. The molecule has 0 saturated carbocycles. The Labute approximate surface area is 218 Å². The van der Waals surface area contributed by atoms with Crippen molar-refractivity contribution in [2.75, 3.05) is 5.32 Å². The molecule has 0 aliphatic rings. The van der Waals surface area contributed by atoms with Crippen LogP contribution in [0, 0.1) is 20.8 Å². The molecule has 0 radical (unpaired) electrons. The molecule has 38 heavy (non-hydrogen) atoms. The van der Waals surface area contributed by atoms with Gasteiger partial charge in [-0.2, -0.15) is 23.3 Å². The average molecular weight is 542 g/mol. The zero-order chi connectivity index (χ0) is 27.2. The van der Waals surface area contributed by atoms with Crippen LogP contribution in [0.2, 0.25) is 0 Å². The highest BCUT2D eigenvalue weighted by Gasteiger charge is 2.39. The Morgan fingerprint density at radius 2 is 1.89 bits per heavy atom. The minimum absolute atomic E-state index is 0.0921. The van der Waals surface area contributed by atoms with Crippen molar-refractivity contribution in [2.45, 2.75) is 46.8 Å². The molecule has 0 fully saturated rings. The van der Waals surface area contributed by atoms with Crippen LogP contribution in [0.3, 0.4) is 0 Å². The summed E-state index contributed by atoms with van der Waals surface area (Å²) in [7, 11) is 0. The van der Waals surface area contributed by atoms with E-state index >= 15 is 0 Å². The molecule has 0 unspecified atom stereocenters. The first-order chi connectivity index (χ1) is 18.0. The summed E-state index contributed by atoms with van der Waals surface area (Å²) in [6, 6.07) is 8.55. The summed E-state index contributed by atoms with van der Waals surface area (Å²) in [6.45, 7) is 6.80. The van der Waals surface area contributed by atoms with Gasteiger partial charge in [0.25, 0.3) is 5.91 Å². The molecule has 0 saturated heterocycles. The zero-order valence-corrected chi connectivity index (χ0v) is 21.7. The van der Waals surface area contributed by atoms with Crippen LogP contribution in [0.1, 0.15) is 51.1 Å². The average Bonchev–Trinajstić information content (AvgIpc) is 3.56. The van der Waals surface area contributed by atoms with Gasteiger partial charge in [0.1, 0.15) is 6.54 Å². The van der Waals surface area contributed by atoms with Crippen molar-refractivity contribution in [2.24, 2.45) is 0 Å². The molecule has 0 bridgehead atoms. The van der Waals surface area contributed by atoms with Gasteiger partial charge in [-0.3, -0.25) is 9.48 Å². The lowest BCUT2D eigenvalue weighted by molar-refractivity contribution is -0.140. The molecule has 0 aliphatic heterocycles. The molecule has 0 spiro atoms. The Kier molecular flexibility index (Phi) is 6.47. The van der Waals surface area contributed by atoms with E-state index in [0.29, 0.717) is 28.8 Å². The van der Waals surface area contributed by atoms with Crippen molar-refractivity contribution in [1.29, 1.82) is 0 Å². The van der Waals surface area contributed by atoms with Crippen LogP contribution in [0.4, 0.5) is 18.9 Å². The SMILES string of the molecule is CCc1noc(Cn2nc(C(F)(F)F)c(NC(=O)c3cc(-c4sc(C)nc4C)nc4ccccc34)c2C)n1. The summed E-state index contributed by atoms with van der Waals surface area (Å²) in [4.78, 5) is 27.6. The van der Waals surface area contributed by atoms with Gasteiger partial charge in [0, 0.05) is 11.8 Å². The number of aromatic nitrogens is 6. The minimum atomic E-state index is -4.81. The maximum Gasteiger partial charge on any atom is 0.437 e. The van der Waals surface area contributed by atoms with Gasteiger partial charge >= 0.3 is 6.18 Å². The number of rotatable bonds is 6. The molecule has 5 rings (SSSR count). The fourth-order valence-corrected chi connectivity index (χ4v) is 4.98. The van der Waals surface area contributed by atoms with Gasteiger partial charge in [-0.05, 0) is 32.9 Å². The first-order valence-electron chi connectivity index (χ1n) is 11.7. The summed E-state index contributed by atoms with van der Waals surface area (Å²) in [5, 5.41) is 11.3. The maximum atomic E-state index is 14.0. The van der Waals surface area contributed by atoms with Crippen LogP contribution in [0.15, 0.2) is 34.9 Å². The van der Waals surface area contributed by atoms with Gasteiger partial charge < -0.3 is 9.84 Å².